The number of pyridine rings is 1. The van der Waals surface area contributed by atoms with Crippen molar-refractivity contribution in [3.8, 4) is 22.8 Å². The fraction of sp³-hybridized carbons (Fsp3) is 0.259. The highest BCUT2D eigenvalue weighted by atomic mass is 32.2. The summed E-state index contributed by atoms with van der Waals surface area (Å²) >= 11 is 1.37. The number of nitrogens with zero attached hydrogens (tertiary/aromatic N) is 6. The van der Waals surface area contributed by atoms with E-state index in [1.54, 1.807) is 24.5 Å². The molecule has 0 radical (unpaired) electrons. The first kappa shape index (κ1) is 24.8. The zero-order chi connectivity index (χ0) is 25.6. The van der Waals surface area contributed by atoms with Crippen molar-refractivity contribution in [1.29, 1.82) is 0 Å². The molecule has 5 rings (SSSR count). The number of ether oxygens (including phenoxy) is 1. The number of hydrogen-bond acceptors (Lipinski definition) is 7. The number of anilines is 1. The molecular weight excluding hydrogens is 491 g/mol. The van der Waals surface area contributed by atoms with Crippen molar-refractivity contribution in [3.63, 3.8) is 0 Å². The standard InChI is InChI=1S/C27H27FN6O2S/c1-2-36-24-9-7-23(8-10-24)34-26(20-11-13-29-14-12-20)30-31-27(34)37-19-25(35)33-17-15-32(16-18-33)22-5-3-21(28)4-6-22/h3-14H,2,15-19H2,1H3. The summed E-state index contributed by atoms with van der Waals surface area (Å²) in [5.41, 5.74) is 2.73. The van der Waals surface area contributed by atoms with E-state index in [9.17, 15) is 9.18 Å². The molecule has 0 N–H and O–H groups in total. The second-order valence-corrected chi connectivity index (χ2v) is 9.38. The van der Waals surface area contributed by atoms with E-state index in [1.807, 2.05) is 52.8 Å². The van der Waals surface area contributed by atoms with E-state index in [4.69, 9.17) is 4.74 Å². The molecule has 1 fully saturated rings. The summed E-state index contributed by atoms with van der Waals surface area (Å²) in [6, 6.07) is 18.0. The van der Waals surface area contributed by atoms with Gasteiger partial charge in [-0.15, -0.1) is 10.2 Å². The number of benzene rings is 2. The summed E-state index contributed by atoms with van der Waals surface area (Å²) in [6.07, 6.45) is 3.43. The third kappa shape index (κ3) is 5.75. The molecule has 1 saturated heterocycles. The molecule has 1 aliphatic heterocycles. The van der Waals surface area contributed by atoms with Gasteiger partial charge in [0.1, 0.15) is 11.6 Å². The summed E-state index contributed by atoms with van der Waals surface area (Å²) in [7, 11) is 0. The number of carbonyl (C=O) groups excluding carboxylic acids is 1. The predicted molar refractivity (Wildman–Crippen MR) is 142 cm³/mol. The molecule has 0 saturated carbocycles. The SMILES string of the molecule is CCOc1ccc(-n2c(SCC(=O)N3CCN(c4ccc(F)cc4)CC3)nnc2-c2ccncc2)cc1. The van der Waals surface area contributed by atoms with Crippen LogP contribution in [0.5, 0.6) is 5.75 Å². The Morgan fingerprint density at radius 3 is 2.27 bits per heavy atom. The van der Waals surface area contributed by atoms with Crippen molar-refractivity contribution in [2.75, 3.05) is 43.4 Å². The minimum Gasteiger partial charge on any atom is -0.494 e. The maximum Gasteiger partial charge on any atom is 0.233 e. The molecule has 2 aromatic heterocycles. The van der Waals surface area contributed by atoms with Gasteiger partial charge in [0.05, 0.1) is 12.4 Å². The van der Waals surface area contributed by atoms with Crippen LogP contribution in [-0.2, 0) is 4.79 Å². The van der Waals surface area contributed by atoms with Crippen molar-refractivity contribution in [2.24, 2.45) is 0 Å². The average molecular weight is 519 g/mol. The molecule has 1 amide bonds. The first-order chi connectivity index (χ1) is 18.1. The zero-order valence-corrected chi connectivity index (χ0v) is 21.3. The molecule has 0 atom stereocenters. The van der Waals surface area contributed by atoms with Crippen LogP contribution in [0.2, 0.25) is 0 Å². The molecule has 0 unspecified atom stereocenters. The van der Waals surface area contributed by atoms with Crippen LogP contribution in [0, 0.1) is 5.82 Å². The monoisotopic (exact) mass is 518 g/mol. The largest absolute Gasteiger partial charge is 0.494 e. The summed E-state index contributed by atoms with van der Waals surface area (Å²) in [5, 5.41) is 9.49. The fourth-order valence-corrected chi connectivity index (χ4v) is 5.08. The molecule has 8 nitrogen and oxygen atoms in total. The van der Waals surface area contributed by atoms with Gasteiger partial charge in [-0.1, -0.05) is 11.8 Å². The lowest BCUT2D eigenvalue weighted by atomic mass is 10.2. The van der Waals surface area contributed by atoms with Gasteiger partial charge in [-0.25, -0.2) is 4.39 Å². The minimum atomic E-state index is -0.250. The van der Waals surface area contributed by atoms with Crippen LogP contribution in [0.15, 0.2) is 78.2 Å². The molecule has 3 heterocycles. The molecule has 1 aliphatic rings. The molecule has 0 aliphatic carbocycles. The number of carbonyl (C=O) groups is 1. The highest BCUT2D eigenvalue weighted by Gasteiger charge is 2.23. The molecular formula is C27H27FN6O2S. The summed E-state index contributed by atoms with van der Waals surface area (Å²) < 4.78 is 20.8. The van der Waals surface area contributed by atoms with Crippen LogP contribution in [0.4, 0.5) is 10.1 Å². The van der Waals surface area contributed by atoms with E-state index < -0.39 is 0 Å². The number of halogens is 1. The van der Waals surface area contributed by atoms with E-state index in [1.165, 1.54) is 23.9 Å². The van der Waals surface area contributed by atoms with Gasteiger partial charge in [0.2, 0.25) is 5.91 Å². The lowest BCUT2D eigenvalue weighted by Gasteiger charge is -2.36. The maximum absolute atomic E-state index is 13.2. The number of hydrogen-bond donors (Lipinski definition) is 0. The Morgan fingerprint density at radius 2 is 1.59 bits per heavy atom. The van der Waals surface area contributed by atoms with Crippen LogP contribution in [0.25, 0.3) is 17.1 Å². The third-order valence-corrected chi connectivity index (χ3v) is 7.04. The first-order valence-electron chi connectivity index (χ1n) is 12.1. The summed E-state index contributed by atoms with van der Waals surface area (Å²) in [4.78, 5) is 21.2. The predicted octanol–water partition coefficient (Wildman–Crippen LogP) is 4.31. The van der Waals surface area contributed by atoms with Gasteiger partial charge in [-0.3, -0.25) is 14.3 Å². The Kier molecular flexibility index (Phi) is 7.65. The fourth-order valence-electron chi connectivity index (χ4n) is 4.23. The molecule has 0 bridgehead atoms. The van der Waals surface area contributed by atoms with E-state index in [0.29, 0.717) is 43.8 Å². The van der Waals surface area contributed by atoms with E-state index in [2.05, 4.69) is 20.1 Å². The van der Waals surface area contributed by atoms with Gasteiger partial charge in [0.15, 0.2) is 11.0 Å². The van der Waals surface area contributed by atoms with E-state index in [0.717, 1.165) is 22.7 Å². The molecule has 4 aromatic rings. The highest BCUT2D eigenvalue weighted by Crippen LogP contribution is 2.29. The van der Waals surface area contributed by atoms with Crippen molar-refractivity contribution in [2.45, 2.75) is 12.1 Å². The van der Waals surface area contributed by atoms with Gasteiger partial charge in [-0.05, 0) is 67.6 Å². The number of aromatic nitrogens is 4. The summed E-state index contributed by atoms with van der Waals surface area (Å²) in [6.45, 7) is 5.18. The molecule has 10 heteroatoms. The first-order valence-corrected chi connectivity index (χ1v) is 13.1. The van der Waals surface area contributed by atoms with Crippen LogP contribution in [0.1, 0.15) is 6.92 Å². The van der Waals surface area contributed by atoms with Gasteiger partial charge in [0.25, 0.3) is 0 Å². The van der Waals surface area contributed by atoms with Gasteiger partial charge in [0, 0.05) is 55.5 Å². The normalized spacial score (nSPS) is 13.6. The highest BCUT2D eigenvalue weighted by molar-refractivity contribution is 7.99. The van der Waals surface area contributed by atoms with Crippen LogP contribution < -0.4 is 9.64 Å². The number of piperazine rings is 1. The number of rotatable bonds is 8. The molecule has 2 aromatic carbocycles. The Morgan fingerprint density at radius 1 is 0.919 bits per heavy atom. The van der Waals surface area contributed by atoms with E-state index >= 15 is 0 Å². The number of amides is 1. The van der Waals surface area contributed by atoms with Crippen molar-refractivity contribution < 1.29 is 13.9 Å². The van der Waals surface area contributed by atoms with Gasteiger partial charge >= 0.3 is 0 Å². The van der Waals surface area contributed by atoms with E-state index in [-0.39, 0.29) is 17.5 Å². The second kappa shape index (κ2) is 11.4. The van der Waals surface area contributed by atoms with Crippen LogP contribution in [0.3, 0.4) is 0 Å². The Bertz CT molecular complexity index is 1320. The average Bonchev–Trinajstić information content (AvgIpc) is 3.37. The Balaban J connectivity index is 1.29. The van der Waals surface area contributed by atoms with Crippen molar-refractivity contribution in [1.82, 2.24) is 24.6 Å². The third-order valence-electron chi connectivity index (χ3n) is 6.13. The maximum atomic E-state index is 13.2. The number of thioether (sulfide) groups is 1. The smallest absolute Gasteiger partial charge is 0.233 e. The van der Waals surface area contributed by atoms with Crippen molar-refractivity contribution in [3.05, 3.63) is 78.9 Å². The van der Waals surface area contributed by atoms with Gasteiger partial charge < -0.3 is 14.5 Å². The zero-order valence-electron chi connectivity index (χ0n) is 20.5. The quantitative estimate of drug-likeness (QED) is 0.322. The minimum absolute atomic E-state index is 0.0514. The van der Waals surface area contributed by atoms with Crippen LogP contribution in [-0.4, -0.2) is 69.1 Å². The lowest BCUT2D eigenvalue weighted by Crippen LogP contribution is -2.49. The van der Waals surface area contributed by atoms with Crippen molar-refractivity contribution >= 4 is 23.4 Å². The lowest BCUT2D eigenvalue weighted by molar-refractivity contribution is -0.128. The van der Waals surface area contributed by atoms with Crippen LogP contribution >= 0.6 is 11.8 Å². The molecule has 37 heavy (non-hydrogen) atoms. The molecule has 0 spiro atoms. The topological polar surface area (TPSA) is 76.4 Å². The molecule has 190 valence electrons. The summed E-state index contributed by atoms with van der Waals surface area (Å²) in [5.74, 6) is 1.51. The Hall–Kier alpha value is -3.92. The Labute approximate surface area is 219 Å². The van der Waals surface area contributed by atoms with Gasteiger partial charge in [-0.2, -0.15) is 0 Å². The second-order valence-electron chi connectivity index (χ2n) is 8.44.